The van der Waals surface area contributed by atoms with Gasteiger partial charge in [0.25, 0.3) is 5.56 Å². The molecule has 3 rings (SSSR count). The van der Waals surface area contributed by atoms with Crippen LogP contribution in [0.5, 0.6) is 0 Å². The number of pyridine rings is 1. The standard InChI is InChI=1S/C19H30BNO4/c1-14(7-6-10-20-24-18(2,3)19(4,5)25-20)15-8-9-17(22)21(11-15)16-12-23-13-16/h8-9,11,14,16H,6-7,10,12-13H2,1-5H3. The summed E-state index contributed by atoms with van der Waals surface area (Å²) in [4.78, 5) is 12.0. The molecule has 1 aromatic rings. The number of hydrogen-bond donors (Lipinski definition) is 0. The third-order valence-electron chi connectivity index (χ3n) is 5.92. The lowest BCUT2D eigenvalue weighted by molar-refractivity contribution is -0.0249. The molecular formula is C19H30BNO4. The number of rotatable bonds is 6. The fourth-order valence-electron chi connectivity index (χ4n) is 3.32. The lowest BCUT2D eigenvalue weighted by atomic mass is 9.80. The molecule has 2 aliphatic heterocycles. The molecule has 0 aromatic carbocycles. The second-order valence-electron chi connectivity index (χ2n) is 8.42. The molecule has 1 unspecified atom stereocenters. The molecule has 1 aromatic heterocycles. The highest BCUT2D eigenvalue weighted by Gasteiger charge is 2.50. The summed E-state index contributed by atoms with van der Waals surface area (Å²) in [7, 11) is -0.127. The summed E-state index contributed by atoms with van der Waals surface area (Å²) in [5.41, 5.74) is 0.745. The third-order valence-corrected chi connectivity index (χ3v) is 5.92. The molecule has 0 spiro atoms. The van der Waals surface area contributed by atoms with Crippen LogP contribution in [0.1, 0.15) is 65.0 Å². The van der Waals surface area contributed by atoms with Crippen LogP contribution < -0.4 is 5.56 Å². The van der Waals surface area contributed by atoms with E-state index in [1.165, 1.54) is 5.56 Å². The van der Waals surface area contributed by atoms with Crippen molar-refractivity contribution < 1.29 is 14.0 Å². The van der Waals surface area contributed by atoms with Crippen LogP contribution in [-0.2, 0) is 14.0 Å². The van der Waals surface area contributed by atoms with Crippen LogP contribution in [0.4, 0.5) is 0 Å². The first-order chi connectivity index (χ1) is 11.7. The van der Waals surface area contributed by atoms with Crippen molar-refractivity contribution in [2.24, 2.45) is 0 Å². The third kappa shape index (κ3) is 3.86. The summed E-state index contributed by atoms with van der Waals surface area (Å²) in [5.74, 6) is 0.398. The van der Waals surface area contributed by atoms with Crippen LogP contribution in [0.15, 0.2) is 23.1 Å². The quantitative estimate of drug-likeness (QED) is 0.740. The SMILES string of the molecule is CC(CCCB1OC(C)(C)C(C)(C)O1)c1ccc(=O)n(C2COC2)c1. The smallest absolute Gasteiger partial charge is 0.403 e. The van der Waals surface area contributed by atoms with Gasteiger partial charge in [-0.1, -0.05) is 19.4 Å². The minimum absolute atomic E-state index is 0.0569. The molecule has 3 heterocycles. The Balaban J connectivity index is 1.53. The zero-order valence-electron chi connectivity index (χ0n) is 16.1. The summed E-state index contributed by atoms with van der Waals surface area (Å²) in [6.07, 6.45) is 4.98. The molecule has 138 valence electrons. The molecule has 1 atom stereocenters. The fraction of sp³-hybridized carbons (Fsp3) is 0.737. The highest BCUT2D eigenvalue weighted by Crippen LogP contribution is 2.38. The minimum Gasteiger partial charge on any atom is -0.403 e. The van der Waals surface area contributed by atoms with Gasteiger partial charge < -0.3 is 18.6 Å². The van der Waals surface area contributed by atoms with Gasteiger partial charge in [0.2, 0.25) is 0 Å². The minimum atomic E-state index is -0.260. The molecule has 0 bridgehead atoms. The largest absolute Gasteiger partial charge is 0.457 e. The Morgan fingerprint density at radius 2 is 1.84 bits per heavy atom. The topological polar surface area (TPSA) is 49.7 Å². The van der Waals surface area contributed by atoms with E-state index in [-0.39, 0.29) is 29.9 Å². The van der Waals surface area contributed by atoms with E-state index in [0.29, 0.717) is 19.1 Å². The van der Waals surface area contributed by atoms with Crippen molar-refractivity contribution in [2.75, 3.05) is 13.2 Å². The summed E-state index contributed by atoms with van der Waals surface area (Å²) in [6, 6.07) is 3.83. The summed E-state index contributed by atoms with van der Waals surface area (Å²) < 4.78 is 19.2. The van der Waals surface area contributed by atoms with Gasteiger partial charge in [0.05, 0.1) is 30.5 Å². The average molecular weight is 347 g/mol. The molecule has 2 fully saturated rings. The van der Waals surface area contributed by atoms with E-state index < -0.39 is 0 Å². The summed E-state index contributed by atoms with van der Waals surface area (Å²) in [6.45, 7) is 11.8. The zero-order chi connectivity index (χ0) is 18.2. The first-order valence-electron chi connectivity index (χ1n) is 9.35. The molecule has 0 N–H and O–H groups in total. The summed E-state index contributed by atoms with van der Waals surface area (Å²) in [5, 5.41) is 0. The van der Waals surface area contributed by atoms with E-state index in [1.807, 2.05) is 16.8 Å². The molecule has 0 aliphatic carbocycles. The van der Waals surface area contributed by atoms with E-state index in [0.717, 1.165) is 19.2 Å². The van der Waals surface area contributed by atoms with Gasteiger partial charge in [-0.15, -0.1) is 0 Å². The average Bonchev–Trinajstić information content (AvgIpc) is 2.67. The number of ether oxygens (including phenoxy) is 1. The molecule has 0 radical (unpaired) electrons. The number of nitrogens with zero attached hydrogens (tertiary/aromatic N) is 1. The highest BCUT2D eigenvalue weighted by atomic mass is 16.7. The molecule has 2 saturated heterocycles. The fourth-order valence-corrected chi connectivity index (χ4v) is 3.32. The van der Waals surface area contributed by atoms with Crippen LogP contribution in [0.2, 0.25) is 6.32 Å². The van der Waals surface area contributed by atoms with E-state index >= 15 is 0 Å². The van der Waals surface area contributed by atoms with Crippen LogP contribution >= 0.6 is 0 Å². The maximum atomic E-state index is 12.0. The molecule has 0 saturated carbocycles. The van der Waals surface area contributed by atoms with Gasteiger partial charge >= 0.3 is 7.12 Å². The molecule has 25 heavy (non-hydrogen) atoms. The van der Waals surface area contributed by atoms with E-state index in [1.54, 1.807) is 6.07 Å². The van der Waals surface area contributed by atoms with Gasteiger partial charge in [-0.3, -0.25) is 4.79 Å². The maximum Gasteiger partial charge on any atom is 0.457 e. The Morgan fingerprint density at radius 1 is 1.20 bits per heavy atom. The normalized spacial score (nSPS) is 23.5. The second-order valence-corrected chi connectivity index (χ2v) is 8.42. The van der Waals surface area contributed by atoms with Crippen molar-refractivity contribution in [1.82, 2.24) is 4.57 Å². The van der Waals surface area contributed by atoms with Gasteiger partial charge in [-0.2, -0.15) is 0 Å². The van der Waals surface area contributed by atoms with E-state index in [2.05, 4.69) is 34.6 Å². The zero-order valence-corrected chi connectivity index (χ0v) is 16.1. The van der Waals surface area contributed by atoms with Crippen molar-refractivity contribution in [3.63, 3.8) is 0 Å². The first-order valence-corrected chi connectivity index (χ1v) is 9.35. The maximum absolute atomic E-state index is 12.0. The molecule has 6 heteroatoms. The number of aromatic nitrogens is 1. The molecule has 0 amide bonds. The lowest BCUT2D eigenvalue weighted by Crippen LogP contribution is -2.41. The molecule has 5 nitrogen and oxygen atoms in total. The molecule has 2 aliphatic rings. The number of hydrogen-bond acceptors (Lipinski definition) is 4. The van der Waals surface area contributed by atoms with Crippen molar-refractivity contribution in [3.05, 3.63) is 34.2 Å². The Hall–Kier alpha value is -1.11. The van der Waals surface area contributed by atoms with Crippen molar-refractivity contribution >= 4 is 7.12 Å². The van der Waals surface area contributed by atoms with Gasteiger partial charge in [-0.05, 0) is 51.9 Å². The van der Waals surface area contributed by atoms with Crippen LogP contribution in [0.3, 0.4) is 0 Å². The van der Waals surface area contributed by atoms with Gasteiger partial charge in [0.1, 0.15) is 0 Å². The Morgan fingerprint density at radius 3 is 2.40 bits per heavy atom. The van der Waals surface area contributed by atoms with Gasteiger partial charge in [0.15, 0.2) is 0 Å². The Labute approximate surface area is 150 Å². The van der Waals surface area contributed by atoms with Crippen molar-refractivity contribution in [1.29, 1.82) is 0 Å². The van der Waals surface area contributed by atoms with Crippen LogP contribution in [0.25, 0.3) is 0 Å². The summed E-state index contributed by atoms with van der Waals surface area (Å²) >= 11 is 0. The van der Waals surface area contributed by atoms with Crippen LogP contribution in [-0.4, -0.2) is 36.1 Å². The monoisotopic (exact) mass is 347 g/mol. The highest BCUT2D eigenvalue weighted by molar-refractivity contribution is 6.45. The Kier molecular flexibility index (Phi) is 5.15. The lowest BCUT2D eigenvalue weighted by Gasteiger charge is -2.32. The predicted molar refractivity (Wildman–Crippen MR) is 99.1 cm³/mol. The second kappa shape index (κ2) is 6.90. The van der Waals surface area contributed by atoms with Crippen molar-refractivity contribution in [2.45, 2.75) is 76.9 Å². The predicted octanol–water partition coefficient (Wildman–Crippen LogP) is 3.40. The van der Waals surface area contributed by atoms with E-state index in [4.69, 9.17) is 14.0 Å². The van der Waals surface area contributed by atoms with Gasteiger partial charge in [-0.25, -0.2) is 0 Å². The van der Waals surface area contributed by atoms with E-state index in [9.17, 15) is 4.79 Å². The van der Waals surface area contributed by atoms with Crippen molar-refractivity contribution in [3.8, 4) is 0 Å². The van der Waals surface area contributed by atoms with Gasteiger partial charge in [0, 0.05) is 12.3 Å². The Bertz CT molecular complexity index is 650. The first kappa shape index (κ1) is 18.7. The molecular weight excluding hydrogens is 317 g/mol. The van der Waals surface area contributed by atoms with Crippen LogP contribution in [0, 0.1) is 0 Å².